The molecule has 6 aromatic carbocycles. The van der Waals surface area contributed by atoms with E-state index < -0.39 is 114 Å². The average Bonchev–Trinajstić information content (AvgIpc) is 3.15. The molecule has 56 heavy (non-hydrogen) atoms. The van der Waals surface area contributed by atoms with E-state index in [9.17, 15) is 69.5 Å². The number of nitrogens with zero attached hydrogens (tertiary/aromatic N) is 1. The highest BCUT2D eigenvalue weighted by Gasteiger charge is 2.49. The highest BCUT2D eigenvalue weighted by atomic mass is 32.3. The summed E-state index contributed by atoms with van der Waals surface area (Å²) in [7, 11) is -12.5. The molecular weight excluding hydrogens is 822 g/mol. The van der Waals surface area contributed by atoms with E-state index in [0.29, 0.717) is 0 Å². The van der Waals surface area contributed by atoms with Crippen molar-refractivity contribution < 1.29 is 74.0 Å². The van der Waals surface area contributed by atoms with Gasteiger partial charge < -0.3 is 0 Å². The lowest BCUT2D eigenvalue weighted by molar-refractivity contribution is -0.144. The molecule has 0 saturated carbocycles. The Morgan fingerprint density at radius 2 is 0.696 bits per heavy atom. The summed E-state index contributed by atoms with van der Waals surface area (Å²) >= 11 is 0. The van der Waals surface area contributed by atoms with Gasteiger partial charge in [-0.1, -0.05) is 48.5 Å². The van der Waals surface area contributed by atoms with Crippen LogP contribution in [0.1, 0.15) is 22.3 Å². The van der Waals surface area contributed by atoms with Crippen molar-refractivity contribution in [3.63, 3.8) is 0 Å². The van der Waals surface area contributed by atoms with E-state index in [2.05, 4.69) is 0 Å². The van der Waals surface area contributed by atoms with E-state index in [-0.39, 0.29) is 57.9 Å². The number of halogens is 13. The molecule has 1 aliphatic rings. The molecule has 20 heteroatoms. The van der Waals surface area contributed by atoms with E-state index in [4.69, 9.17) is 0 Å². The minimum absolute atomic E-state index is 0.119. The van der Waals surface area contributed by atoms with Gasteiger partial charge in [-0.3, -0.25) is 0 Å². The molecule has 0 amide bonds. The Morgan fingerprint density at radius 1 is 0.411 bits per heavy atom. The molecule has 1 aliphatic heterocycles. The first kappa shape index (κ1) is 39.0. The van der Waals surface area contributed by atoms with E-state index in [1.165, 1.54) is 36.4 Å². The van der Waals surface area contributed by atoms with Crippen molar-refractivity contribution in [2.45, 2.75) is 34.5 Å². The van der Waals surface area contributed by atoms with Gasteiger partial charge in [0.2, 0.25) is 0 Å². The maximum Gasteiger partial charge on any atom is 0.416 e. The lowest BCUT2D eigenvalue weighted by Gasteiger charge is -2.21. The molecule has 0 fully saturated rings. The topological polar surface area (TPSA) is 71.5 Å². The standard InChI is InChI=1S/C36H16F13NO4S2/c37-33(38,39)21-9-19(10-22(15-21)34(40,41)42)27-13-17-5-1-3-7-25(17)29-30-26-8-4-2-6-18(26)14-28(32(30)56(53,54)50(49)55(51,52)31(27)29)20-11-23(35(43,44)45)16-24(12-20)36(46,47)48/h1-16H. The lowest BCUT2D eigenvalue weighted by atomic mass is 9.87. The van der Waals surface area contributed by atoms with Gasteiger partial charge in [-0.05, 0) is 81.2 Å². The number of fused-ring (bicyclic) bond motifs is 7. The third kappa shape index (κ3) is 6.32. The zero-order valence-electron chi connectivity index (χ0n) is 27.0. The fraction of sp³-hybridized carbons (Fsp3) is 0.111. The second kappa shape index (κ2) is 12.4. The molecule has 0 spiro atoms. The first-order chi connectivity index (χ1) is 25.7. The second-order valence-corrected chi connectivity index (χ2v) is 16.0. The summed E-state index contributed by atoms with van der Waals surface area (Å²) in [6.07, 6.45) is -21.9. The number of rotatable bonds is 2. The van der Waals surface area contributed by atoms with Crippen molar-refractivity contribution in [3.8, 4) is 33.4 Å². The minimum Gasteiger partial charge on any atom is -0.203 e. The Labute approximate surface area is 306 Å². The van der Waals surface area contributed by atoms with Crippen LogP contribution in [-0.4, -0.2) is 20.8 Å². The molecule has 0 aromatic heterocycles. The third-order valence-corrected chi connectivity index (χ3v) is 12.8. The molecule has 0 unspecified atom stereocenters. The number of hydrogen-bond donors (Lipinski definition) is 0. The summed E-state index contributed by atoms with van der Waals surface area (Å²) in [5.74, 6) is 0. The fourth-order valence-corrected chi connectivity index (χ4v) is 10.2. The molecular formula is C36H16F13NO4S2. The molecule has 0 saturated heterocycles. The largest absolute Gasteiger partial charge is 0.416 e. The summed E-state index contributed by atoms with van der Waals surface area (Å²) in [6, 6.07) is 11.3. The Balaban J connectivity index is 1.77. The van der Waals surface area contributed by atoms with Crippen LogP contribution in [0.4, 0.5) is 57.2 Å². The molecule has 1 heterocycles. The number of sulfonamides is 2. The Kier molecular flexibility index (Phi) is 8.64. The zero-order valence-corrected chi connectivity index (χ0v) is 28.7. The van der Waals surface area contributed by atoms with Gasteiger partial charge in [0, 0.05) is 22.3 Å². The van der Waals surface area contributed by atoms with Crippen LogP contribution in [-0.2, 0) is 44.8 Å². The fourth-order valence-electron chi connectivity index (χ4n) is 6.61. The van der Waals surface area contributed by atoms with Crippen LogP contribution in [0.2, 0.25) is 0 Å². The summed E-state index contributed by atoms with van der Waals surface area (Å²) in [5.41, 5.74) is -13.8. The quantitative estimate of drug-likeness (QED) is 0.129. The van der Waals surface area contributed by atoms with E-state index in [1.54, 1.807) is 0 Å². The number of hydrogen-bond acceptors (Lipinski definition) is 4. The Hall–Kier alpha value is -5.21. The maximum atomic E-state index is 16.6. The van der Waals surface area contributed by atoms with Gasteiger partial charge >= 0.3 is 24.7 Å². The van der Waals surface area contributed by atoms with E-state index in [1.807, 2.05) is 0 Å². The summed E-state index contributed by atoms with van der Waals surface area (Å²) in [6.45, 7) is 0. The maximum absolute atomic E-state index is 16.6. The van der Waals surface area contributed by atoms with Crippen LogP contribution in [0.5, 0.6) is 0 Å². The predicted octanol–water partition coefficient (Wildman–Crippen LogP) is 11.6. The second-order valence-electron chi connectivity index (χ2n) is 12.5. The Morgan fingerprint density at radius 3 is 0.982 bits per heavy atom. The van der Waals surface area contributed by atoms with Crippen molar-refractivity contribution in [3.05, 3.63) is 119 Å². The molecule has 0 bridgehead atoms. The van der Waals surface area contributed by atoms with Crippen LogP contribution in [0.25, 0.3) is 54.9 Å². The van der Waals surface area contributed by atoms with Gasteiger partial charge in [0.05, 0.1) is 26.2 Å². The molecule has 292 valence electrons. The van der Waals surface area contributed by atoms with Crippen LogP contribution in [0, 0.1) is 0 Å². The summed E-state index contributed by atoms with van der Waals surface area (Å²) in [5, 5.41) is -0.921. The smallest absolute Gasteiger partial charge is 0.203 e. The van der Waals surface area contributed by atoms with Crippen molar-refractivity contribution in [2.24, 2.45) is 0 Å². The average molecular weight is 838 g/mol. The van der Waals surface area contributed by atoms with Gasteiger partial charge in [-0.15, -0.1) is 4.48 Å². The number of alkyl halides is 12. The first-order valence-corrected chi connectivity index (χ1v) is 18.3. The Bertz CT molecular complexity index is 2600. The van der Waals surface area contributed by atoms with Gasteiger partial charge in [0.15, 0.2) is 0 Å². The molecule has 0 radical (unpaired) electrons. The van der Waals surface area contributed by atoms with Gasteiger partial charge in [-0.25, -0.2) is 16.8 Å². The molecule has 0 N–H and O–H groups in total. The van der Waals surface area contributed by atoms with Crippen molar-refractivity contribution in [1.82, 2.24) is 3.93 Å². The summed E-state index contributed by atoms with van der Waals surface area (Å²) < 4.78 is 240. The molecule has 0 aliphatic carbocycles. The van der Waals surface area contributed by atoms with Gasteiger partial charge in [-0.2, -0.15) is 52.7 Å². The zero-order chi connectivity index (χ0) is 41.1. The number of benzene rings is 6. The van der Waals surface area contributed by atoms with E-state index >= 15 is 4.48 Å². The van der Waals surface area contributed by atoms with Crippen molar-refractivity contribution >= 4 is 41.6 Å². The monoisotopic (exact) mass is 837 g/mol. The van der Waals surface area contributed by atoms with Crippen LogP contribution >= 0.6 is 0 Å². The summed E-state index contributed by atoms with van der Waals surface area (Å²) in [4.78, 5) is -2.95. The third-order valence-electron chi connectivity index (χ3n) is 8.94. The lowest BCUT2D eigenvalue weighted by Crippen LogP contribution is -2.29. The highest BCUT2D eigenvalue weighted by molar-refractivity contribution is 8.04. The first-order valence-electron chi connectivity index (χ1n) is 15.4. The predicted molar refractivity (Wildman–Crippen MR) is 175 cm³/mol. The molecule has 5 nitrogen and oxygen atoms in total. The highest BCUT2D eigenvalue weighted by Crippen LogP contribution is 2.54. The van der Waals surface area contributed by atoms with Crippen LogP contribution in [0.3, 0.4) is 0 Å². The van der Waals surface area contributed by atoms with Crippen LogP contribution < -0.4 is 0 Å². The van der Waals surface area contributed by atoms with E-state index in [0.717, 1.165) is 24.3 Å². The molecule has 0 atom stereocenters. The normalized spacial score (nSPS) is 16.1. The van der Waals surface area contributed by atoms with Crippen molar-refractivity contribution in [2.75, 3.05) is 0 Å². The molecule has 6 aromatic rings. The van der Waals surface area contributed by atoms with Crippen LogP contribution in [0.15, 0.2) is 107 Å². The van der Waals surface area contributed by atoms with Gasteiger partial charge in [0.1, 0.15) is 9.79 Å². The van der Waals surface area contributed by atoms with Gasteiger partial charge in [0.25, 0.3) is 20.0 Å². The SMILES string of the molecule is O=S1(=O)c2c(-c3cc(C(F)(F)F)cc(C(F)(F)F)c3)cc3ccccc3c2-c2c(c(-c3cc(C(F)(F)F)cc(C(F)(F)F)c3)cc3ccccc23)S(=O)(=O)N1F. The minimum atomic E-state index is -6.27. The van der Waals surface area contributed by atoms with Crippen molar-refractivity contribution in [1.29, 1.82) is 0 Å². The molecule has 7 rings (SSSR count).